The van der Waals surface area contributed by atoms with Crippen LogP contribution in [-0.2, 0) is 4.79 Å². The van der Waals surface area contributed by atoms with Gasteiger partial charge in [-0.05, 0) is 50.0 Å². The first-order valence-electron chi connectivity index (χ1n) is 7.80. The second-order valence-electron chi connectivity index (χ2n) is 6.56. The number of piperidine rings is 1. The molecule has 18 heavy (non-hydrogen) atoms. The molecule has 2 aliphatic heterocycles. The zero-order valence-electron chi connectivity index (χ0n) is 11.4. The van der Waals surface area contributed by atoms with Gasteiger partial charge in [-0.25, -0.2) is 0 Å². The summed E-state index contributed by atoms with van der Waals surface area (Å²) >= 11 is 0. The molecule has 3 heteroatoms. The number of fused-ring (bicyclic) bond motifs is 1. The smallest absolute Gasteiger partial charge is 0.220 e. The van der Waals surface area contributed by atoms with Gasteiger partial charge in [-0.3, -0.25) is 4.79 Å². The van der Waals surface area contributed by atoms with Crippen molar-refractivity contribution in [1.82, 2.24) is 10.2 Å². The average Bonchev–Trinajstić information content (AvgIpc) is 2.78. The van der Waals surface area contributed by atoms with E-state index in [1.54, 1.807) is 0 Å². The summed E-state index contributed by atoms with van der Waals surface area (Å²) < 4.78 is 0. The number of likely N-dealkylation sites (tertiary alicyclic amines) is 1. The lowest BCUT2D eigenvalue weighted by Gasteiger charge is -2.38. The third kappa shape index (κ3) is 2.87. The van der Waals surface area contributed by atoms with Crippen molar-refractivity contribution in [3.05, 3.63) is 0 Å². The predicted molar refractivity (Wildman–Crippen MR) is 72.2 cm³/mol. The molecule has 1 N–H and O–H groups in total. The number of nitrogens with one attached hydrogen (secondary N) is 1. The van der Waals surface area contributed by atoms with Crippen LogP contribution < -0.4 is 5.32 Å². The molecule has 1 amide bonds. The van der Waals surface area contributed by atoms with E-state index in [0.29, 0.717) is 5.92 Å². The van der Waals surface area contributed by atoms with Crippen LogP contribution in [0.2, 0.25) is 0 Å². The van der Waals surface area contributed by atoms with Gasteiger partial charge in [0.25, 0.3) is 0 Å². The summed E-state index contributed by atoms with van der Waals surface area (Å²) in [5, 5.41) is 3.03. The highest BCUT2D eigenvalue weighted by atomic mass is 16.1. The van der Waals surface area contributed by atoms with Gasteiger partial charge in [0.2, 0.25) is 5.91 Å². The zero-order chi connectivity index (χ0) is 12.4. The van der Waals surface area contributed by atoms with E-state index in [1.807, 2.05) is 0 Å². The van der Waals surface area contributed by atoms with Crippen molar-refractivity contribution in [2.24, 2.45) is 17.8 Å². The van der Waals surface area contributed by atoms with Crippen LogP contribution >= 0.6 is 0 Å². The van der Waals surface area contributed by atoms with Crippen LogP contribution in [0, 0.1) is 17.8 Å². The van der Waals surface area contributed by atoms with Crippen molar-refractivity contribution in [3.8, 4) is 0 Å². The van der Waals surface area contributed by atoms with Gasteiger partial charge in [0.1, 0.15) is 0 Å². The molecule has 0 bridgehead atoms. The van der Waals surface area contributed by atoms with Gasteiger partial charge < -0.3 is 10.2 Å². The maximum Gasteiger partial charge on any atom is 0.220 e. The molecule has 0 aromatic carbocycles. The van der Waals surface area contributed by atoms with Crippen LogP contribution in [0.4, 0.5) is 0 Å². The number of amides is 1. The Labute approximate surface area is 110 Å². The van der Waals surface area contributed by atoms with Crippen LogP contribution in [0.25, 0.3) is 0 Å². The summed E-state index contributed by atoms with van der Waals surface area (Å²) in [6, 6.07) is 0. The molecule has 2 atom stereocenters. The lowest BCUT2D eigenvalue weighted by molar-refractivity contribution is -0.121. The quantitative estimate of drug-likeness (QED) is 0.813. The van der Waals surface area contributed by atoms with Crippen LogP contribution in [0.3, 0.4) is 0 Å². The molecule has 3 rings (SSSR count). The summed E-state index contributed by atoms with van der Waals surface area (Å²) in [6.45, 7) is 4.70. The Balaban J connectivity index is 1.53. The standard InChI is InChI=1S/C15H26N2O/c18-15-9-13-6-8-17(10-12-3-1-2-4-12)11-14(13)5-7-16-15/h12-14H,1-11H2,(H,16,18). The normalized spacial score (nSPS) is 35.0. The highest BCUT2D eigenvalue weighted by Crippen LogP contribution is 2.32. The first-order valence-corrected chi connectivity index (χ1v) is 7.80. The second kappa shape index (κ2) is 5.60. The third-order valence-electron chi connectivity index (χ3n) is 5.25. The Kier molecular flexibility index (Phi) is 3.88. The molecular formula is C15H26N2O. The minimum atomic E-state index is 0.284. The fraction of sp³-hybridized carbons (Fsp3) is 0.933. The van der Waals surface area contributed by atoms with Crippen molar-refractivity contribution in [2.45, 2.75) is 44.9 Å². The van der Waals surface area contributed by atoms with Crippen molar-refractivity contribution in [1.29, 1.82) is 0 Å². The summed E-state index contributed by atoms with van der Waals surface area (Å²) in [4.78, 5) is 14.3. The number of hydrogen-bond donors (Lipinski definition) is 1. The zero-order valence-corrected chi connectivity index (χ0v) is 11.4. The minimum absolute atomic E-state index is 0.284. The molecule has 3 aliphatic rings. The molecule has 3 nitrogen and oxygen atoms in total. The average molecular weight is 250 g/mol. The molecule has 2 saturated heterocycles. The van der Waals surface area contributed by atoms with Crippen LogP contribution in [0.5, 0.6) is 0 Å². The van der Waals surface area contributed by atoms with Gasteiger partial charge in [-0.15, -0.1) is 0 Å². The highest BCUT2D eigenvalue weighted by molar-refractivity contribution is 5.76. The van der Waals surface area contributed by atoms with Crippen molar-refractivity contribution >= 4 is 5.91 Å². The van der Waals surface area contributed by atoms with E-state index >= 15 is 0 Å². The first kappa shape index (κ1) is 12.5. The molecule has 3 fully saturated rings. The predicted octanol–water partition coefficient (Wildman–Crippen LogP) is 2.02. The van der Waals surface area contributed by atoms with E-state index in [1.165, 1.54) is 58.2 Å². The molecule has 0 radical (unpaired) electrons. The van der Waals surface area contributed by atoms with Crippen LogP contribution in [-0.4, -0.2) is 37.0 Å². The molecule has 0 aromatic rings. The Morgan fingerprint density at radius 2 is 1.94 bits per heavy atom. The van der Waals surface area contributed by atoms with Gasteiger partial charge in [0.05, 0.1) is 0 Å². The topological polar surface area (TPSA) is 32.3 Å². The first-order chi connectivity index (χ1) is 8.81. The summed E-state index contributed by atoms with van der Waals surface area (Å²) in [7, 11) is 0. The third-order valence-corrected chi connectivity index (χ3v) is 5.25. The fourth-order valence-electron chi connectivity index (χ4n) is 4.18. The monoisotopic (exact) mass is 250 g/mol. The Bertz CT molecular complexity index is 299. The molecule has 102 valence electrons. The van der Waals surface area contributed by atoms with E-state index in [4.69, 9.17) is 0 Å². The molecule has 2 unspecified atom stereocenters. The highest BCUT2D eigenvalue weighted by Gasteiger charge is 2.33. The Morgan fingerprint density at radius 1 is 1.11 bits per heavy atom. The second-order valence-corrected chi connectivity index (χ2v) is 6.56. The van der Waals surface area contributed by atoms with E-state index in [2.05, 4.69) is 10.2 Å². The van der Waals surface area contributed by atoms with Gasteiger partial charge in [0.15, 0.2) is 0 Å². The molecule has 2 heterocycles. The van der Waals surface area contributed by atoms with E-state index in [-0.39, 0.29) is 5.91 Å². The lowest BCUT2D eigenvalue weighted by Crippen LogP contribution is -2.42. The number of nitrogens with zero attached hydrogens (tertiary/aromatic N) is 1. The lowest BCUT2D eigenvalue weighted by atomic mass is 9.81. The van der Waals surface area contributed by atoms with Crippen molar-refractivity contribution < 1.29 is 4.79 Å². The molecule has 0 spiro atoms. The molecule has 0 aromatic heterocycles. The Hall–Kier alpha value is -0.570. The van der Waals surface area contributed by atoms with Gasteiger partial charge in [-0.2, -0.15) is 0 Å². The Morgan fingerprint density at radius 3 is 2.78 bits per heavy atom. The van der Waals surface area contributed by atoms with Gasteiger partial charge in [-0.1, -0.05) is 12.8 Å². The minimum Gasteiger partial charge on any atom is -0.356 e. The van der Waals surface area contributed by atoms with Crippen LogP contribution in [0.1, 0.15) is 44.9 Å². The maximum atomic E-state index is 11.6. The van der Waals surface area contributed by atoms with Crippen molar-refractivity contribution in [3.63, 3.8) is 0 Å². The number of carbonyl (C=O) groups is 1. The largest absolute Gasteiger partial charge is 0.356 e. The van der Waals surface area contributed by atoms with E-state index in [0.717, 1.165) is 24.8 Å². The summed E-state index contributed by atoms with van der Waals surface area (Å²) in [6.07, 6.45) is 9.01. The summed E-state index contributed by atoms with van der Waals surface area (Å²) in [5.74, 6) is 2.67. The maximum absolute atomic E-state index is 11.6. The SMILES string of the molecule is O=C1CC2CCN(CC3CCCC3)CC2CCN1. The van der Waals surface area contributed by atoms with E-state index < -0.39 is 0 Å². The van der Waals surface area contributed by atoms with Crippen LogP contribution in [0.15, 0.2) is 0 Å². The number of hydrogen-bond acceptors (Lipinski definition) is 2. The molecule has 1 aliphatic carbocycles. The molecule has 1 saturated carbocycles. The fourth-order valence-corrected chi connectivity index (χ4v) is 4.18. The molecular weight excluding hydrogens is 224 g/mol. The van der Waals surface area contributed by atoms with Crippen molar-refractivity contribution in [2.75, 3.05) is 26.2 Å². The summed E-state index contributed by atoms with van der Waals surface area (Å²) in [5.41, 5.74) is 0. The van der Waals surface area contributed by atoms with Gasteiger partial charge in [0, 0.05) is 26.1 Å². The number of carbonyl (C=O) groups excluding carboxylic acids is 1. The van der Waals surface area contributed by atoms with Gasteiger partial charge >= 0.3 is 0 Å². The van der Waals surface area contributed by atoms with E-state index in [9.17, 15) is 4.79 Å². The number of rotatable bonds is 2.